The van der Waals surface area contributed by atoms with Crippen LogP contribution in [0.25, 0.3) is 53.1 Å². The van der Waals surface area contributed by atoms with Gasteiger partial charge in [0, 0.05) is 101 Å². The zero-order chi connectivity index (χ0) is 67.0. The van der Waals surface area contributed by atoms with Crippen LogP contribution in [0.5, 0.6) is 0 Å². The summed E-state index contributed by atoms with van der Waals surface area (Å²) in [6, 6.07) is 26.6. The molecule has 0 aliphatic heterocycles. The Morgan fingerprint density at radius 3 is 1.74 bits per heavy atom. The summed E-state index contributed by atoms with van der Waals surface area (Å²) < 4.78 is 11.3. The summed E-state index contributed by atoms with van der Waals surface area (Å²) >= 11 is 6.91. The third kappa shape index (κ3) is 17.2. The molecule has 94 heavy (non-hydrogen) atoms. The van der Waals surface area contributed by atoms with E-state index in [1.165, 1.54) is 70.9 Å². The minimum Gasteiger partial charge on any atom is -0.304 e. The van der Waals surface area contributed by atoms with Gasteiger partial charge in [0.1, 0.15) is 15.3 Å². The lowest BCUT2D eigenvalue weighted by Crippen LogP contribution is -1.97. The first-order chi connectivity index (χ1) is 45.3. The van der Waals surface area contributed by atoms with Gasteiger partial charge in [0.2, 0.25) is 0 Å². The normalized spacial score (nSPS) is 11.7. The average molecular weight is 1330 g/mol. The van der Waals surface area contributed by atoms with Crippen LogP contribution in [0.4, 0.5) is 0 Å². The van der Waals surface area contributed by atoms with Crippen molar-refractivity contribution in [3.8, 4) is 0 Å². The molecular formula is C76H90N14S4. The number of fused-ring (bicyclic) bond motifs is 8. The van der Waals surface area contributed by atoms with Crippen molar-refractivity contribution in [1.82, 2.24) is 67.5 Å². The molecule has 0 aromatic carbocycles. The fraction of sp³-hybridized carbons (Fsp3) is 0.329. The summed E-state index contributed by atoms with van der Waals surface area (Å²) in [6.07, 6.45) is 30.6. The van der Waals surface area contributed by atoms with Crippen LogP contribution in [0, 0.1) is 0 Å². The topological polar surface area (TPSA) is 138 Å². The number of imidazole rings is 3. The highest BCUT2D eigenvalue weighted by Crippen LogP contribution is 2.31. The standard InChI is InChI=1S/C11H13N.2C10H12N2.2C10H11NS.C9H11N3.2C8H10N2S/c1-8(2)9-6-7-12-11-5-3-4-10(9)11;1-8(2)9-7-11-10-5-3-4-6-12(9)10;1-8(2)9-7-11-12-6-4-3-5-10(9)12;1-7(2)8-3-5-11-9-4-6-12-10(8)9;1-7(2)8-3-5-11-10-9(8)4-6-12-10;1-7(2)8-6-10-9-4-3-5-11-12(8)9;1-6(2)7-5-9-8-10(7)3-4-11-8;1-6(2)7-5-9-10-3-4-11-8(7)10/h3-4,6-8H,5H2,1-2H3;2*3-8H,1-2H3;3*3-7H,1-2H3;2*3-6H,1-2H3. The predicted octanol–water partition coefficient (Wildman–Crippen LogP) is 21.4. The van der Waals surface area contributed by atoms with E-state index in [0.717, 1.165) is 38.7 Å². The van der Waals surface area contributed by atoms with Crippen molar-refractivity contribution in [1.29, 1.82) is 0 Å². The Labute approximate surface area is 569 Å². The quantitative estimate of drug-likeness (QED) is 0.146. The molecule has 15 aromatic rings. The minimum atomic E-state index is 0.468. The third-order valence-electron chi connectivity index (χ3n) is 15.9. The summed E-state index contributed by atoms with van der Waals surface area (Å²) in [5.41, 5.74) is 17.5. The van der Waals surface area contributed by atoms with Crippen molar-refractivity contribution >= 4 is 98.5 Å². The number of pyridine rings is 5. The maximum Gasteiger partial charge on any atom is 0.193 e. The Hall–Kier alpha value is -8.55. The molecule has 488 valence electrons. The number of thiazole rings is 2. The Balaban J connectivity index is 0.000000127. The first-order valence-electron chi connectivity index (χ1n) is 32.5. The highest BCUT2D eigenvalue weighted by Gasteiger charge is 2.14. The molecule has 0 fully saturated rings. The Bertz CT molecular complexity index is 4450. The number of rotatable bonds is 8. The van der Waals surface area contributed by atoms with E-state index in [1.807, 2.05) is 118 Å². The monoisotopic (exact) mass is 1330 g/mol. The number of hydrogen-bond acceptors (Lipinski definition) is 13. The molecule has 15 heterocycles. The van der Waals surface area contributed by atoms with E-state index >= 15 is 0 Å². The van der Waals surface area contributed by atoms with Gasteiger partial charge in [-0.3, -0.25) is 14.4 Å². The van der Waals surface area contributed by atoms with Crippen molar-refractivity contribution in [2.75, 3.05) is 0 Å². The van der Waals surface area contributed by atoms with Crippen LogP contribution in [0.15, 0.2) is 187 Å². The van der Waals surface area contributed by atoms with Gasteiger partial charge in [-0.15, -0.1) is 45.3 Å². The van der Waals surface area contributed by atoms with E-state index < -0.39 is 0 Å². The van der Waals surface area contributed by atoms with Gasteiger partial charge in [0.25, 0.3) is 0 Å². The molecule has 0 bridgehead atoms. The van der Waals surface area contributed by atoms with E-state index in [4.69, 9.17) is 0 Å². The zero-order valence-corrected chi connectivity index (χ0v) is 60.5. The molecule has 0 N–H and O–H groups in total. The van der Waals surface area contributed by atoms with E-state index in [-0.39, 0.29) is 0 Å². The molecule has 16 rings (SSSR count). The van der Waals surface area contributed by atoms with Gasteiger partial charge in [0.15, 0.2) is 10.6 Å². The highest BCUT2D eigenvalue weighted by molar-refractivity contribution is 7.17. The first-order valence-corrected chi connectivity index (χ1v) is 36.0. The second-order valence-electron chi connectivity index (χ2n) is 25.4. The van der Waals surface area contributed by atoms with Gasteiger partial charge >= 0.3 is 0 Å². The van der Waals surface area contributed by atoms with Gasteiger partial charge in [-0.1, -0.05) is 135 Å². The van der Waals surface area contributed by atoms with Gasteiger partial charge in [-0.05, 0) is 147 Å². The van der Waals surface area contributed by atoms with Gasteiger partial charge in [0.05, 0.1) is 51.9 Å². The zero-order valence-electron chi connectivity index (χ0n) is 57.2. The van der Waals surface area contributed by atoms with Crippen molar-refractivity contribution in [2.24, 2.45) is 0 Å². The van der Waals surface area contributed by atoms with Crippen LogP contribution in [0.1, 0.15) is 214 Å². The Morgan fingerprint density at radius 1 is 0.394 bits per heavy atom. The lowest BCUT2D eigenvalue weighted by Gasteiger charge is -2.09. The number of allylic oxidation sites excluding steroid dienone is 1. The predicted molar refractivity (Wildman–Crippen MR) is 398 cm³/mol. The van der Waals surface area contributed by atoms with Crippen LogP contribution < -0.4 is 0 Å². The largest absolute Gasteiger partial charge is 0.304 e. The van der Waals surface area contributed by atoms with E-state index in [9.17, 15) is 0 Å². The maximum absolute atomic E-state index is 4.34. The lowest BCUT2D eigenvalue weighted by atomic mass is 9.98. The molecule has 0 amide bonds. The molecule has 18 heteroatoms. The number of nitrogens with zero attached hydrogens (tertiary/aromatic N) is 14. The fourth-order valence-corrected chi connectivity index (χ4v) is 14.2. The maximum atomic E-state index is 4.34. The molecule has 1 aliphatic rings. The molecule has 0 atom stereocenters. The second-order valence-corrected chi connectivity index (χ2v) is 29.0. The number of hydrogen-bond donors (Lipinski definition) is 0. The first kappa shape index (κ1) is 69.8. The summed E-state index contributed by atoms with van der Waals surface area (Å²) in [4.78, 5) is 29.3. The molecule has 0 unspecified atom stereocenters. The molecule has 14 nitrogen and oxygen atoms in total. The summed E-state index contributed by atoms with van der Waals surface area (Å²) in [5, 5.41) is 22.3. The van der Waals surface area contributed by atoms with Crippen molar-refractivity contribution in [2.45, 2.75) is 165 Å². The fourth-order valence-electron chi connectivity index (χ4n) is 10.8. The van der Waals surface area contributed by atoms with E-state index in [2.05, 4.69) is 247 Å². The van der Waals surface area contributed by atoms with Crippen LogP contribution >= 0.6 is 45.3 Å². The Kier molecular flexibility index (Phi) is 24.5. The second kappa shape index (κ2) is 33.0. The summed E-state index contributed by atoms with van der Waals surface area (Å²) in [7, 11) is 0. The molecule has 15 aromatic heterocycles. The van der Waals surface area contributed by atoms with Crippen molar-refractivity contribution < 1.29 is 0 Å². The number of aromatic nitrogens is 14. The Morgan fingerprint density at radius 2 is 1.00 bits per heavy atom. The molecule has 1 aliphatic carbocycles. The van der Waals surface area contributed by atoms with Gasteiger partial charge in [-0.2, -0.15) is 15.3 Å². The van der Waals surface area contributed by atoms with Crippen LogP contribution in [0.3, 0.4) is 0 Å². The van der Waals surface area contributed by atoms with Crippen LogP contribution in [-0.2, 0) is 6.42 Å². The summed E-state index contributed by atoms with van der Waals surface area (Å²) in [6.45, 7) is 35.1. The van der Waals surface area contributed by atoms with Gasteiger partial charge < -0.3 is 4.40 Å². The third-order valence-corrected chi connectivity index (χ3v) is 19.3. The van der Waals surface area contributed by atoms with Crippen LogP contribution in [0.2, 0.25) is 0 Å². The number of thiophene rings is 2. The van der Waals surface area contributed by atoms with Crippen molar-refractivity contribution in [3.05, 3.63) is 243 Å². The van der Waals surface area contributed by atoms with Gasteiger partial charge in [-0.25, -0.2) is 33.5 Å². The van der Waals surface area contributed by atoms with E-state index in [1.54, 1.807) is 51.5 Å². The van der Waals surface area contributed by atoms with Crippen molar-refractivity contribution in [3.63, 3.8) is 0 Å². The SMILES string of the molecule is CC(C)c1ccnc2c1C=CC2.CC(C)c1ccnc2ccsc12.CC(C)c1ccnc2sccc12.CC(C)c1cnc2ccccn12.CC(C)c1cnc2cccnn12.CC(C)c1cnc2sccn12.CC(C)c1cnn2ccccc12.CC(C)c1cnn2ccsc12. The molecule has 0 saturated heterocycles. The summed E-state index contributed by atoms with van der Waals surface area (Å²) in [5.74, 6) is 4.46. The molecule has 0 saturated carbocycles. The molecular weight excluding hydrogens is 1240 g/mol. The highest BCUT2D eigenvalue weighted by atomic mass is 32.1. The van der Waals surface area contributed by atoms with Crippen LogP contribution in [-0.4, -0.2) is 67.5 Å². The average Bonchev–Trinajstić information content (AvgIpc) is 1.69. The lowest BCUT2D eigenvalue weighted by molar-refractivity contribution is 0.759. The minimum absolute atomic E-state index is 0.468. The van der Waals surface area contributed by atoms with E-state index in [0.29, 0.717) is 47.3 Å². The molecule has 0 spiro atoms. The smallest absolute Gasteiger partial charge is 0.193 e. The molecule has 0 radical (unpaired) electrons.